The summed E-state index contributed by atoms with van der Waals surface area (Å²) >= 11 is 1.51. The Hall–Kier alpha value is -2.44. The van der Waals surface area contributed by atoms with E-state index >= 15 is 0 Å². The summed E-state index contributed by atoms with van der Waals surface area (Å²) in [6.45, 7) is 1.69. The summed E-state index contributed by atoms with van der Waals surface area (Å²) in [7, 11) is 2.20. The number of fused-ring (bicyclic) bond motifs is 1. The van der Waals surface area contributed by atoms with Gasteiger partial charge in [0, 0.05) is 18.2 Å². The highest BCUT2D eigenvalue weighted by molar-refractivity contribution is 8.05. The summed E-state index contributed by atoms with van der Waals surface area (Å²) in [5, 5.41) is 3.11. The highest BCUT2D eigenvalue weighted by Gasteiger charge is 2.25. The van der Waals surface area contributed by atoms with E-state index < -0.39 is 0 Å². The minimum atomic E-state index is -0.207. The molecule has 0 saturated heterocycles. The van der Waals surface area contributed by atoms with Gasteiger partial charge in [-0.05, 0) is 62.7 Å². The number of nitrogens with zero attached hydrogens (tertiary/aromatic N) is 2. The van der Waals surface area contributed by atoms with Crippen molar-refractivity contribution < 1.29 is 9.59 Å². The van der Waals surface area contributed by atoms with Crippen LogP contribution in [0.1, 0.15) is 54.4 Å². The third-order valence-corrected chi connectivity index (χ3v) is 7.49. The fourth-order valence-electron chi connectivity index (χ4n) is 4.39. The Balaban J connectivity index is 1.26. The van der Waals surface area contributed by atoms with Crippen molar-refractivity contribution in [1.82, 2.24) is 10.2 Å². The van der Waals surface area contributed by atoms with E-state index in [1.54, 1.807) is 0 Å². The molecule has 1 aliphatic heterocycles. The average molecular weight is 450 g/mol. The van der Waals surface area contributed by atoms with Crippen LogP contribution in [0.15, 0.2) is 58.5 Å². The Bertz CT molecular complexity index is 956. The summed E-state index contributed by atoms with van der Waals surface area (Å²) < 4.78 is 0. The number of thioether (sulfide) groups is 1. The largest absolute Gasteiger partial charge is 0.352 e. The number of rotatable bonds is 7. The molecule has 6 heteroatoms. The first-order valence-corrected chi connectivity index (χ1v) is 12.4. The molecule has 4 rings (SSSR count). The molecular formula is C26H31N3O2S. The van der Waals surface area contributed by atoms with Crippen molar-refractivity contribution in [2.75, 3.05) is 20.1 Å². The van der Waals surface area contributed by atoms with Gasteiger partial charge in [-0.1, -0.05) is 49.6 Å². The molecule has 2 amide bonds. The molecule has 1 fully saturated rings. The van der Waals surface area contributed by atoms with Gasteiger partial charge in [-0.2, -0.15) is 0 Å². The first kappa shape index (κ1) is 22.7. The van der Waals surface area contributed by atoms with E-state index in [9.17, 15) is 9.59 Å². The van der Waals surface area contributed by atoms with E-state index in [1.807, 2.05) is 54.6 Å². The minimum absolute atomic E-state index is 0.0546. The number of amides is 2. The van der Waals surface area contributed by atoms with Crippen LogP contribution >= 0.6 is 11.8 Å². The van der Waals surface area contributed by atoms with Crippen molar-refractivity contribution in [2.24, 2.45) is 4.99 Å². The Kier molecular flexibility index (Phi) is 7.76. The van der Waals surface area contributed by atoms with Gasteiger partial charge in [-0.25, -0.2) is 4.99 Å². The highest BCUT2D eigenvalue weighted by atomic mass is 32.2. The van der Waals surface area contributed by atoms with Crippen molar-refractivity contribution in [3.8, 4) is 0 Å². The van der Waals surface area contributed by atoms with Crippen molar-refractivity contribution in [3.63, 3.8) is 0 Å². The number of carbonyl (C=O) groups excluding carboxylic acids is 2. The molecule has 1 unspecified atom stereocenters. The molecule has 0 spiro atoms. The predicted molar refractivity (Wildman–Crippen MR) is 133 cm³/mol. The first-order valence-electron chi connectivity index (χ1n) is 11.5. The van der Waals surface area contributed by atoms with Crippen LogP contribution < -0.4 is 5.32 Å². The monoisotopic (exact) mass is 449 g/mol. The van der Waals surface area contributed by atoms with Gasteiger partial charge >= 0.3 is 0 Å². The molecule has 3 aliphatic rings. The minimum Gasteiger partial charge on any atom is -0.352 e. The molecule has 0 radical (unpaired) electrons. The number of allylic oxidation sites excluding steroid dienone is 3. The molecule has 0 bridgehead atoms. The summed E-state index contributed by atoms with van der Waals surface area (Å²) in [6, 6.07) is 8.08. The quantitative estimate of drug-likeness (QED) is 0.487. The maximum absolute atomic E-state index is 12.5. The number of benzene rings is 1. The van der Waals surface area contributed by atoms with Crippen LogP contribution in [0.5, 0.6) is 0 Å². The zero-order valence-corrected chi connectivity index (χ0v) is 19.4. The normalized spacial score (nSPS) is 22.2. The van der Waals surface area contributed by atoms with Crippen molar-refractivity contribution in [2.45, 2.75) is 49.8 Å². The fourth-order valence-corrected chi connectivity index (χ4v) is 5.43. The number of carbonyl (C=O) groups is 2. The highest BCUT2D eigenvalue weighted by Crippen LogP contribution is 2.32. The van der Waals surface area contributed by atoms with E-state index in [4.69, 9.17) is 0 Å². The second-order valence-electron chi connectivity index (χ2n) is 8.64. The van der Waals surface area contributed by atoms with Crippen LogP contribution in [-0.4, -0.2) is 53.9 Å². The second kappa shape index (κ2) is 10.9. The van der Waals surface area contributed by atoms with E-state index in [1.165, 1.54) is 43.9 Å². The van der Waals surface area contributed by atoms with Gasteiger partial charge in [0.25, 0.3) is 11.8 Å². The van der Waals surface area contributed by atoms with Crippen molar-refractivity contribution in [1.29, 1.82) is 0 Å². The van der Waals surface area contributed by atoms with Crippen molar-refractivity contribution >= 4 is 35.4 Å². The molecule has 5 nitrogen and oxygen atoms in total. The van der Waals surface area contributed by atoms with Gasteiger partial charge in [0.15, 0.2) is 0 Å². The lowest BCUT2D eigenvalue weighted by atomic mass is 9.94. The lowest BCUT2D eigenvalue weighted by Crippen LogP contribution is -2.35. The second-order valence-corrected chi connectivity index (χ2v) is 9.82. The van der Waals surface area contributed by atoms with Crippen LogP contribution in [-0.2, 0) is 4.79 Å². The lowest BCUT2D eigenvalue weighted by Gasteiger charge is -2.31. The van der Waals surface area contributed by atoms with Gasteiger partial charge in [-0.3, -0.25) is 9.59 Å². The molecule has 1 aromatic carbocycles. The van der Waals surface area contributed by atoms with Gasteiger partial charge in [-0.15, -0.1) is 11.8 Å². The smallest absolute Gasteiger partial charge is 0.283 e. The molecular weight excluding hydrogens is 418 g/mol. The summed E-state index contributed by atoms with van der Waals surface area (Å²) in [6.07, 6.45) is 17.3. The van der Waals surface area contributed by atoms with Crippen LogP contribution in [0.4, 0.5) is 0 Å². The zero-order valence-electron chi connectivity index (χ0n) is 18.6. The number of nitrogens with one attached hydrogen (secondary N) is 1. The van der Waals surface area contributed by atoms with Gasteiger partial charge in [0.1, 0.15) is 0 Å². The molecule has 1 atom stereocenters. The number of aliphatic imine (C=N–C) groups is 1. The molecule has 2 aliphatic carbocycles. The molecule has 1 heterocycles. The zero-order chi connectivity index (χ0) is 22.3. The molecule has 168 valence electrons. The van der Waals surface area contributed by atoms with Gasteiger partial charge < -0.3 is 10.2 Å². The standard InChI is InChI=1S/C26H31N3O2S/c1-29(21-8-3-2-4-9-21)17-7-16-27-25(30)20-14-12-19(13-15-20)18-24-26(31)28-22-10-5-6-11-23(22)32-24/h5-6,10-15,18,21,23H,2-4,7-9,16-17H2,1H3,(H,27,30)/b24-18+. The molecule has 1 aromatic rings. The Labute approximate surface area is 194 Å². The van der Waals surface area contributed by atoms with Crippen molar-refractivity contribution in [3.05, 3.63) is 64.6 Å². The number of hydrogen-bond donors (Lipinski definition) is 1. The Morgan fingerprint density at radius 1 is 1.19 bits per heavy atom. The van der Waals surface area contributed by atoms with Gasteiger partial charge in [0.05, 0.1) is 15.9 Å². The number of hydrogen-bond acceptors (Lipinski definition) is 4. The van der Waals surface area contributed by atoms with Crippen LogP contribution in [0.2, 0.25) is 0 Å². The van der Waals surface area contributed by atoms with E-state index in [-0.39, 0.29) is 17.1 Å². The van der Waals surface area contributed by atoms with E-state index in [2.05, 4.69) is 22.3 Å². The molecule has 32 heavy (non-hydrogen) atoms. The SMILES string of the molecule is CN(CCCNC(=O)c1ccc(/C=C2/SC3C=CC=CC3=NC2=O)cc1)C1CCCCC1. The third kappa shape index (κ3) is 5.87. The summed E-state index contributed by atoms with van der Waals surface area (Å²) in [4.78, 5) is 32.1. The maximum Gasteiger partial charge on any atom is 0.283 e. The topological polar surface area (TPSA) is 61.8 Å². The predicted octanol–water partition coefficient (Wildman–Crippen LogP) is 4.62. The van der Waals surface area contributed by atoms with Gasteiger partial charge in [0.2, 0.25) is 0 Å². The van der Waals surface area contributed by atoms with E-state index in [0.29, 0.717) is 23.1 Å². The maximum atomic E-state index is 12.5. The fraction of sp³-hybridized carbons (Fsp3) is 0.423. The van der Waals surface area contributed by atoms with Crippen LogP contribution in [0.3, 0.4) is 0 Å². The average Bonchev–Trinajstić information content (AvgIpc) is 2.83. The molecule has 0 aromatic heterocycles. The first-order chi connectivity index (χ1) is 15.6. The third-order valence-electron chi connectivity index (χ3n) is 6.29. The molecule has 1 N–H and O–H groups in total. The lowest BCUT2D eigenvalue weighted by molar-refractivity contribution is -0.113. The Morgan fingerprint density at radius 3 is 2.75 bits per heavy atom. The summed E-state index contributed by atoms with van der Waals surface area (Å²) in [5.74, 6) is -0.262. The Morgan fingerprint density at radius 2 is 1.97 bits per heavy atom. The van der Waals surface area contributed by atoms with Crippen LogP contribution in [0.25, 0.3) is 6.08 Å². The van der Waals surface area contributed by atoms with Crippen LogP contribution in [0, 0.1) is 0 Å². The van der Waals surface area contributed by atoms with E-state index in [0.717, 1.165) is 24.2 Å². The molecule has 1 saturated carbocycles. The summed E-state index contributed by atoms with van der Waals surface area (Å²) in [5.41, 5.74) is 2.33.